The van der Waals surface area contributed by atoms with Gasteiger partial charge in [0.05, 0.1) is 8.66 Å². The molecule has 0 aromatic carbocycles. The second-order valence-corrected chi connectivity index (χ2v) is 6.64. The quantitative estimate of drug-likeness (QED) is 0.930. The summed E-state index contributed by atoms with van der Waals surface area (Å²) in [4.78, 5) is 15.2. The minimum atomic E-state index is 0.176. The molecule has 0 spiro atoms. The zero-order valence-corrected chi connectivity index (χ0v) is 12.3. The zero-order chi connectivity index (χ0) is 12.3. The number of hydrogen-bond donors (Lipinski definition) is 1. The topological polar surface area (TPSA) is 32.3 Å². The first-order valence-corrected chi connectivity index (χ1v) is 7.60. The molecule has 1 saturated heterocycles. The number of carbonyl (C=O) groups is 1. The Kier molecular flexibility index (Phi) is 4.59. The number of nitrogens with zero attached hydrogens (tertiary/aromatic N) is 1. The van der Waals surface area contributed by atoms with E-state index in [-0.39, 0.29) is 5.91 Å². The fourth-order valence-electron chi connectivity index (χ4n) is 2.26. The number of amides is 1. The summed E-state index contributed by atoms with van der Waals surface area (Å²) in [6.45, 7) is 4.88. The molecule has 3 nitrogen and oxygen atoms in total. The summed E-state index contributed by atoms with van der Waals surface area (Å²) in [5, 5.41) is 3.33. The predicted molar refractivity (Wildman–Crippen MR) is 74.6 cm³/mol. The largest absolute Gasteiger partial charge is 0.335 e. The molecule has 2 heterocycles. The first kappa shape index (κ1) is 13.1. The maximum atomic E-state index is 12.4. The number of thiophene rings is 1. The highest BCUT2D eigenvalue weighted by atomic mass is 79.9. The molecule has 2 rings (SSSR count). The highest BCUT2D eigenvalue weighted by molar-refractivity contribution is 9.11. The van der Waals surface area contributed by atoms with E-state index in [9.17, 15) is 4.79 Å². The van der Waals surface area contributed by atoms with Gasteiger partial charge in [-0.3, -0.25) is 4.79 Å². The summed E-state index contributed by atoms with van der Waals surface area (Å²) in [6.07, 6.45) is 2.12. The lowest BCUT2D eigenvalue weighted by Gasteiger charge is -2.33. The summed E-state index contributed by atoms with van der Waals surface area (Å²) in [5.74, 6) is 0.176. The normalized spacial score (nSPS) is 17.1. The molecule has 17 heavy (non-hydrogen) atoms. The molecule has 0 saturated carbocycles. The van der Waals surface area contributed by atoms with Gasteiger partial charge < -0.3 is 10.2 Å². The van der Waals surface area contributed by atoms with Gasteiger partial charge in [-0.15, -0.1) is 11.3 Å². The van der Waals surface area contributed by atoms with Crippen molar-refractivity contribution >= 4 is 33.2 Å². The van der Waals surface area contributed by atoms with Crippen LogP contribution in [0.25, 0.3) is 0 Å². The van der Waals surface area contributed by atoms with Crippen LogP contribution in [0, 0.1) is 0 Å². The van der Waals surface area contributed by atoms with Crippen LogP contribution < -0.4 is 5.32 Å². The lowest BCUT2D eigenvalue weighted by Crippen LogP contribution is -2.45. The molecule has 94 valence electrons. The molecule has 1 aliphatic heterocycles. The Morgan fingerprint density at radius 3 is 2.76 bits per heavy atom. The van der Waals surface area contributed by atoms with E-state index in [1.165, 1.54) is 11.3 Å². The average molecular weight is 317 g/mol. The number of hydrogen-bond acceptors (Lipinski definition) is 3. The van der Waals surface area contributed by atoms with E-state index < -0.39 is 0 Å². The Morgan fingerprint density at radius 2 is 2.24 bits per heavy atom. The summed E-state index contributed by atoms with van der Waals surface area (Å²) in [5.41, 5.74) is 0. The van der Waals surface area contributed by atoms with Crippen molar-refractivity contribution in [3.8, 4) is 0 Å². The van der Waals surface area contributed by atoms with Crippen LogP contribution in [0.2, 0.25) is 0 Å². The van der Waals surface area contributed by atoms with Gasteiger partial charge in [0.25, 0.3) is 5.91 Å². The summed E-state index contributed by atoms with van der Waals surface area (Å²) >= 11 is 4.92. The fourth-order valence-corrected chi connectivity index (χ4v) is 3.60. The molecule has 1 aromatic heterocycles. The van der Waals surface area contributed by atoms with Crippen molar-refractivity contribution in [2.24, 2.45) is 0 Å². The molecule has 0 radical (unpaired) electrons. The van der Waals surface area contributed by atoms with Crippen LogP contribution in [0.5, 0.6) is 0 Å². The van der Waals surface area contributed by atoms with Crippen molar-refractivity contribution in [2.45, 2.75) is 25.8 Å². The standard InChI is InChI=1S/C12H17BrN2OS/c1-2-15(9-5-7-14-8-6-9)12(16)10-3-4-11(13)17-10/h3-4,9,14H,2,5-8H2,1H3. The lowest BCUT2D eigenvalue weighted by atomic mass is 10.0. The Hall–Kier alpha value is -0.390. The van der Waals surface area contributed by atoms with Crippen LogP contribution in [0.3, 0.4) is 0 Å². The molecular formula is C12H17BrN2OS. The van der Waals surface area contributed by atoms with Gasteiger partial charge in [0.1, 0.15) is 0 Å². The van der Waals surface area contributed by atoms with Gasteiger partial charge >= 0.3 is 0 Å². The smallest absolute Gasteiger partial charge is 0.264 e. The minimum absolute atomic E-state index is 0.176. The van der Waals surface area contributed by atoms with E-state index in [2.05, 4.69) is 28.2 Å². The van der Waals surface area contributed by atoms with Gasteiger partial charge in [0.2, 0.25) is 0 Å². The van der Waals surface area contributed by atoms with Crippen LogP contribution >= 0.6 is 27.3 Å². The van der Waals surface area contributed by atoms with Gasteiger partial charge in [0.15, 0.2) is 0 Å². The Labute approximate surface area is 114 Å². The summed E-state index contributed by atoms with van der Waals surface area (Å²) < 4.78 is 1.02. The number of rotatable bonds is 3. The van der Waals surface area contributed by atoms with E-state index in [0.29, 0.717) is 6.04 Å². The molecule has 1 fully saturated rings. The van der Waals surface area contributed by atoms with Crippen molar-refractivity contribution in [1.82, 2.24) is 10.2 Å². The molecule has 1 aliphatic rings. The molecule has 1 amide bonds. The second kappa shape index (κ2) is 5.98. The van der Waals surface area contributed by atoms with Crippen LogP contribution in [0.1, 0.15) is 29.4 Å². The Bertz CT molecular complexity index is 388. The van der Waals surface area contributed by atoms with Crippen LogP contribution in [-0.2, 0) is 0 Å². The summed E-state index contributed by atoms with van der Waals surface area (Å²) in [7, 11) is 0. The van der Waals surface area contributed by atoms with Crippen molar-refractivity contribution < 1.29 is 4.79 Å². The Morgan fingerprint density at radius 1 is 1.53 bits per heavy atom. The van der Waals surface area contributed by atoms with Gasteiger partial charge in [-0.1, -0.05) is 0 Å². The van der Waals surface area contributed by atoms with Gasteiger partial charge in [-0.05, 0) is 60.9 Å². The van der Waals surface area contributed by atoms with Crippen LogP contribution in [-0.4, -0.2) is 36.5 Å². The van der Waals surface area contributed by atoms with E-state index in [4.69, 9.17) is 0 Å². The first-order valence-electron chi connectivity index (χ1n) is 5.99. The van der Waals surface area contributed by atoms with Crippen molar-refractivity contribution in [2.75, 3.05) is 19.6 Å². The molecule has 0 atom stereocenters. The van der Waals surface area contributed by atoms with Crippen molar-refractivity contribution in [3.63, 3.8) is 0 Å². The van der Waals surface area contributed by atoms with Crippen LogP contribution in [0.4, 0.5) is 0 Å². The maximum absolute atomic E-state index is 12.4. The van der Waals surface area contributed by atoms with E-state index in [1.807, 2.05) is 17.0 Å². The van der Waals surface area contributed by atoms with Crippen molar-refractivity contribution in [3.05, 3.63) is 20.8 Å². The van der Waals surface area contributed by atoms with Crippen molar-refractivity contribution in [1.29, 1.82) is 0 Å². The summed E-state index contributed by atoms with van der Waals surface area (Å²) in [6, 6.07) is 4.24. The lowest BCUT2D eigenvalue weighted by molar-refractivity contribution is 0.0661. The van der Waals surface area contributed by atoms with Gasteiger partial charge in [0, 0.05) is 12.6 Å². The number of halogens is 1. The number of nitrogens with one attached hydrogen (secondary N) is 1. The predicted octanol–water partition coefficient (Wildman–Crippen LogP) is 2.72. The highest BCUT2D eigenvalue weighted by Gasteiger charge is 2.25. The molecule has 0 aliphatic carbocycles. The van der Waals surface area contributed by atoms with Gasteiger partial charge in [-0.2, -0.15) is 0 Å². The monoisotopic (exact) mass is 316 g/mol. The third-order valence-electron chi connectivity index (χ3n) is 3.13. The molecule has 5 heteroatoms. The third-order valence-corrected chi connectivity index (χ3v) is 4.75. The fraction of sp³-hybridized carbons (Fsp3) is 0.583. The molecule has 1 N–H and O–H groups in total. The molecular weight excluding hydrogens is 300 g/mol. The first-order chi connectivity index (χ1) is 8.22. The molecule has 0 bridgehead atoms. The van der Waals surface area contributed by atoms with E-state index >= 15 is 0 Å². The average Bonchev–Trinajstić information content (AvgIpc) is 2.78. The second-order valence-electron chi connectivity index (χ2n) is 4.18. The molecule has 1 aromatic rings. The number of carbonyl (C=O) groups excluding carboxylic acids is 1. The van der Waals surface area contributed by atoms with Gasteiger partial charge in [-0.25, -0.2) is 0 Å². The minimum Gasteiger partial charge on any atom is -0.335 e. The Balaban J connectivity index is 2.09. The molecule has 0 unspecified atom stereocenters. The van der Waals surface area contributed by atoms with Crippen LogP contribution in [0.15, 0.2) is 15.9 Å². The van der Waals surface area contributed by atoms with E-state index in [1.54, 1.807) is 0 Å². The highest BCUT2D eigenvalue weighted by Crippen LogP contribution is 2.25. The maximum Gasteiger partial charge on any atom is 0.264 e. The van der Waals surface area contributed by atoms with E-state index in [0.717, 1.165) is 41.1 Å². The SMILES string of the molecule is CCN(C(=O)c1ccc(Br)s1)C1CCNCC1. The third kappa shape index (κ3) is 3.09. The zero-order valence-electron chi connectivity index (χ0n) is 9.91. The number of piperidine rings is 1.